The van der Waals surface area contributed by atoms with Crippen LogP contribution in [0.4, 0.5) is 0 Å². The summed E-state index contributed by atoms with van der Waals surface area (Å²) >= 11 is 0. The van der Waals surface area contributed by atoms with Gasteiger partial charge < -0.3 is 19.5 Å². The number of hydrogen-bond acceptors (Lipinski definition) is 5. The Kier molecular flexibility index (Phi) is 2.27. The van der Waals surface area contributed by atoms with Gasteiger partial charge in [0.15, 0.2) is 23.4 Å². The van der Waals surface area contributed by atoms with Gasteiger partial charge in [0.25, 0.3) is 0 Å². The normalized spacial score (nSPS) is 41.2. The summed E-state index contributed by atoms with van der Waals surface area (Å²) in [5.74, 6) is 1.13. The van der Waals surface area contributed by atoms with Crippen LogP contribution >= 0.6 is 0 Å². The van der Waals surface area contributed by atoms with Gasteiger partial charge in [-0.1, -0.05) is 6.04 Å². The molecule has 1 aromatic carbocycles. The molecule has 1 aromatic rings. The summed E-state index contributed by atoms with van der Waals surface area (Å²) in [5, 5.41) is 11.8. The lowest BCUT2D eigenvalue weighted by atomic mass is 9.49. The predicted molar refractivity (Wildman–Crippen MR) is 83.0 cm³/mol. The maximum absolute atomic E-state index is 12.7. The number of Topliss-reactive ketones (excluding diaryl/α,β-unsaturated/α-hetero) is 1. The van der Waals surface area contributed by atoms with Gasteiger partial charge in [-0.3, -0.25) is 4.79 Å². The smallest absolute Gasteiger partial charge is 0.174 e. The minimum Gasteiger partial charge on any atom is -0.493 e. The molecule has 0 amide bonds. The van der Waals surface area contributed by atoms with E-state index in [0.29, 0.717) is 43.2 Å². The van der Waals surface area contributed by atoms with Crippen LogP contribution in [0.3, 0.4) is 0 Å². The Morgan fingerprint density at radius 1 is 1.52 bits per heavy atom. The second-order valence-electron chi connectivity index (χ2n) is 7.35. The number of hydrogen-bond donors (Lipinski definition) is 1. The summed E-state index contributed by atoms with van der Waals surface area (Å²) in [4.78, 5) is 14.9. The van der Waals surface area contributed by atoms with E-state index in [1.54, 1.807) is 13.2 Å². The Labute approximate surface area is 136 Å². The van der Waals surface area contributed by atoms with Gasteiger partial charge in [-0.15, -0.1) is 0 Å². The van der Waals surface area contributed by atoms with E-state index in [4.69, 9.17) is 10.8 Å². The first-order valence-electron chi connectivity index (χ1n) is 8.77. The van der Waals surface area contributed by atoms with E-state index in [2.05, 4.69) is 4.90 Å². The van der Waals surface area contributed by atoms with E-state index in [-0.39, 0.29) is 11.8 Å². The van der Waals surface area contributed by atoms with Crippen molar-refractivity contribution in [2.45, 2.75) is 48.8 Å². The van der Waals surface area contributed by atoms with Gasteiger partial charge in [-0.25, -0.2) is 0 Å². The van der Waals surface area contributed by atoms with Crippen molar-refractivity contribution in [3.8, 4) is 11.5 Å². The molecule has 2 aliphatic carbocycles. The number of aliphatic hydroxyl groups is 1. The number of likely N-dealkylation sites (tertiary alicyclic amines) is 1. The van der Waals surface area contributed by atoms with Crippen molar-refractivity contribution >= 4 is 5.78 Å². The molecule has 2 aliphatic heterocycles. The number of benzene rings is 1. The zero-order valence-electron chi connectivity index (χ0n) is 14.4. The van der Waals surface area contributed by atoms with Crippen LogP contribution in [0.15, 0.2) is 12.1 Å². The van der Waals surface area contributed by atoms with Gasteiger partial charge in [-0.2, -0.15) is 0 Å². The summed E-state index contributed by atoms with van der Waals surface area (Å²) in [6.45, 7) is 0.809. The van der Waals surface area contributed by atoms with Crippen molar-refractivity contribution < 1.29 is 20.7 Å². The lowest BCUT2D eigenvalue weighted by Crippen LogP contribution is -2.76. The van der Waals surface area contributed by atoms with Crippen molar-refractivity contribution in [1.82, 2.24) is 4.90 Å². The Hall–Kier alpha value is -1.59. The third kappa shape index (κ3) is 1.32. The van der Waals surface area contributed by atoms with E-state index in [1.807, 2.05) is 7.05 Å². The molecule has 4 aliphatic rings. The number of carbonyl (C=O) groups excluding carboxylic acids is 1. The number of carbonyl (C=O) groups is 1. The minimum atomic E-state index is -0.990. The highest BCUT2D eigenvalue weighted by atomic mass is 16.5. The molecule has 122 valence electrons. The first kappa shape index (κ1) is 12.8. The second kappa shape index (κ2) is 4.08. The summed E-state index contributed by atoms with van der Waals surface area (Å²) in [5.41, 5.74) is 0.0588. The molecular weight excluding hydrogens is 294 g/mol. The average molecular weight is 317 g/mol. The maximum atomic E-state index is 12.7. The van der Waals surface area contributed by atoms with Crippen molar-refractivity contribution in [2.75, 3.05) is 20.7 Å². The highest BCUT2D eigenvalue weighted by Crippen LogP contribution is 2.64. The molecular formula is C18H21NO4. The molecule has 5 nitrogen and oxygen atoms in total. The number of ether oxygens (including phenoxy) is 2. The molecule has 1 spiro atoms. The van der Waals surface area contributed by atoms with Gasteiger partial charge in [0, 0.05) is 18.0 Å². The van der Waals surface area contributed by atoms with Crippen LogP contribution < -0.4 is 9.47 Å². The number of nitrogens with zero attached hydrogens (tertiary/aromatic N) is 1. The summed E-state index contributed by atoms with van der Waals surface area (Å²) < 4.78 is 20.0. The van der Waals surface area contributed by atoms with Crippen LogP contribution in [-0.4, -0.2) is 54.2 Å². The average Bonchev–Trinajstić information content (AvgIpc) is 2.90. The zero-order valence-corrected chi connectivity index (χ0v) is 13.4. The molecule has 2 heterocycles. The van der Waals surface area contributed by atoms with Crippen LogP contribution in [0.25, 0.3) is 0 Å². The van der Waals surface area contributed by atoms with Gasteiger partial charge >= 0.3 is 0 Å². The zero-order chi connectivity index (χ0) is 16.9. The summed E-state index contributed by atoms with van der Waals surface area (Å²) in [6, 6.07) is 2.00. The Balaban J connectivity index is 1.88. The van der Waals surface area contributed by atoms with Crippen LogP contribution in [-0.2, 0) is 16.6 Å². The molecule has 5 rings (SSSR count). The largest absolute Gasteiger partial charge is 0.493 e. The van der Waals surface area contributed by atoms with Gasteiger partial charge in [0.2, 0.25) is 0 Å². The lowest BCUT2D eigenvalue weighted by Gasteiger charge is -2.62. The van der Waals surface area contributed by atoms with Gasteiger partial charge in [0.05, 0.1) is 19.5 Å². The van der Waals surface area contributed by atoms with Gasteiger partial charge in [0.1, 0.15) is 0 Å². The van der Waals surface area contributed by atoms with E-state index in [9.17, 15) is 9.90 Å². The molecule has 2 fully saturated rings. The molecule has 0 aromatic heterocycles. The molecule has 1 saturated carbocycles. The highest BCUT2D eigenvalue weighted by Gasteiger charge is 2.72. The van der Waals surface area contributed by atoms with E-state index in [1.165, 1.54) is 0 Å². The fourth-order valence-corrected chi connectivity index (χ4v) is 5.58. The maximum Gasteiger partial charge on any atom is 0.174 e. The molecule has 0 radical (unpaired) electrons. The van der Waals surface area contributed by atoms with Crippen LogP contribution in [0.5, 0.6) is 11.5 Å². The summed E-state index contributed by atoms with van der Waals surface area (Å²) in [6.07, 6.45) is 1.43. The number of rotatable bonds is 1. The summed E-state index contributed by atoms with van der Waals surface area (Å²) in [7, 11) is 3.57. The molecule has 2 bridgehead atoms. The van der Waals surface area contributed by atoms with Crippen molar-refractivity contribution in [3.63, 3.8) is 0 Å². The van der Waals surface area contributed by atoms with E-state index in [0.717, 1.165) is 17.7 Å². The minimum absolute atomic E-state index is 0.0561. The Bertz CT molecular complexity index is 781. The third-order valence-corrected chi connectivity index (χ3v) is 6.64. The third-order valence-electron chi connectivity index (χ3n) is 6.64. The number of methoxy groups -OCH3 is 1. The van der Waals surface area contributed by atoms with E-state index < -0.39 is 17.1 Å². The first-order chi connectivity index (χ1) is 11.4. The van der Waals surface area contributed by atoms with Crippen LogP contribution in [0, 0.1) is 0 Å². The first-order valence-corrected chi connectivity index (χ1v) is 8.27. The monoisotopic (exact) mass is 317 g/mol. The van der Waals surface area contributed by atoms with Gasteiger partial charge in [-0.05, 0) is 44.5 Å². The number of likely N-dealkylation sites (N-methyl/N-ethyl adjacent to an activating group) is 1. The van der Waals surface area contributed by atoms with Crippen LogP contribution in [0.1, 0.15) is 31.8 Å². The highest BCUT2D eigenvalue weighted by molar-refractivity contribution is 5.90. The van der Waals surface area contributed by atoms with E-state index >= 15 is 0 Å². The topological polar surface area (TPSA) is 59.0 Å². The SMILES string of the molecule is [3H]c1cc(OC)c2c3c1C[C@H]1N(C)CCC34[C@@H](O2)C(=O)CC[C@@]14O. The molecule has 4 atom stereocenters. The quantitative estimate of drug-likeness (QED) is 0.839. The lowest BCUT2D eigenvalue weighted by molar-refractivity contribution is -0.185. The Morgan fingerprint density at radius 3 is 3.13 bits per heavy atom. The predicted octanol–water partition coefficient (Wildman–Crippen LogP) is 1.05. The molecule has 23 heavy (non-hydrogen) atoms. The molecule has 1 saturated heterocycles. The molecule has 5 heteroatoms. The molecule has 1 unspecified atom stereocenters. The fraction of sp³-hybridized carbons (Fsp3) is 0.611. The Morgan fingerprint density at radius 2 is 2.35 bits per heavy atom. The van der Waals surface area contributed by atoms with Crippen LogP contribution in [0.2, 0.25) is 0 Å². The van der Waals surface area contributed by atoms with Crippen molar-refractivity contribution in [3.05, 3.63) is 23.2 Å². The standard InChI is InChI=1S/C18H21NO4/c1-19-8-7-17-14-10-3-4-12(22-2)15(14)23-16(17)11(20)5-6-18(17,21)13(19)9-10/h3-4,13,16,21H,5-9H2,1-2H3/t13-,16+,17?,18-/m1/s1/i3T. The van der Waals surface area contributed by atoms with Crippen molar-refractivity contribution in [2.24, 2.45) is 0 Å². The molecule has 1 N–H and O–H groups in total. The number of piperidine rings is 1. The fourth-order valence-electron chi connectivity index (χ4n) is 5.58. The van der Waals surface area contributed by atoms with Crippen molar-refractivity contribution in [1.29, 1.82) is 0 Å². The number of ketones is 1. The second-order valence-corrected chi connectivity index (χ2v) is 7.35.